The van der Waals surface area contributed by atoms with Gasteiger partial charge in [0.2, 0.25) is 0 Å². The van der Waals surface area contributed by atoms with Crippen molar-refractivity contribution in [2.45, 2.75) is 25.7 Å². The predicted molar refractivity (Wildman–Crippen MR) is 158 cm³/mol. The number of para-hydroxylation sites is 1. The van der Waals surface area contributed by atoms with E-state index in [2.05, 4.69) is 11.4 Å². The number of hydrogen-bond acceptors (Lipinski definition) is 5. The Balaban J connectivity index is 0.000000175. The van der Waals surface area contributed by atoms with Gasteiger partial charge in [0.05, 0.1) is 17.0 Å². The summed E-state index contributed by atoms with van der Waals surface area (Å²) in [6, 6.07) is 28.9. The van der Waals surface area contributed by atoms with Crippen molar-refractivity contribution in [2.24, 2.45) is 0 Å². The lowest BCUT2D eigenvalue weighted by Crippen LogP contribution is -2.14. The summed E-state index contributed by atoms with van der Waals surface area (Å²) in [4.78, 5) is 42.8. The molecule has 0 saturated heterocycles. The monoisotopic (exact) mass is 569 g/mol. The highest BCUT2D eigenvalue weighted by Gasteiger charge is 2.23. The van der Waals surface area contributed by atoms with E-state index in [0.717, 1.165) is 28.7 Å². The molecule has 0 unspecified atom stereocenters. The molecule has 216 valence electrons. The lowest BCUT2D eigenvalue weighted by atomic mass is 9.97. The Kier molecular flexibility index (Phi) is 11.0. The largest absolute Gasteiger partial charge is 0.481 e. The van der Waals surface area contributed by atoms with Crippen molar-refractivity contribution >= 4 is 29.6 Å². The first-order chi connectivity index (χ1) is 20.1. The minimum absolute atomic E-state index is 0.0637. The zero-order valence-corrected chi connectivity index (χ0v) is 22.9. The van der Waals surface area contributed by atoms with Gasteiger partial charge in [-0.2, -0.15) is 0 Å². The molecule has 5 N–H and O–H groups in total. The average molecular weight is 570 g/mol. The molecule has 1 atom stereocenters. The van der Waals surface area contributed by atoms with Crippen LogP contribution in [0.3, 0.4) is 0 Å². The number of carbonyl (C=O) groups is 4. The van der Waals surface area contributed by atoms with Gasteiger partial charge in [-0.25, -0.2) is 9.59 Å². The number of benzene rings is 4. The van der Waals surface area contributed by atoms with Gasteiger partial charge in [0.25, 0.3) is 0 Å². The summed E-state index contributed by atoms with van der Waals surface area (Å²) >= 11 is 0. The van der Waals surface area contributed by atoms with Gasteiger partial charge in [-0.15, -0.1) is 0 Å². The Morgan fingerprint density at radius 2 is 1.26 bits per heavy atom. The Morgan fingerprint density at radius 1 is 0.690 bits per heavy atom. The van der Waals surface area contributed by atoms with Gasteiger partial charge in [-0.1, -0.05) is 85.8 Å². The summed E-state index contributed by atoms with van der Waals surface area (Å²) in [6.45, 7) is 1.58. The van der Waals surface area contributed by atoms with Crippen LogP contribution in [0.2, 0.25) is 0 Å². The Hall–Kier alpha value is -5.44. The molecule has 0 saturated carbocycles. The molecule has 1 aliphatic rings. The number of rotatable bonds is 8. The van der Waals surface area contributed by atoms with Crippen LogP contribution in [0.25, 0.3) is 11.1 Å². The van der Waals surface area contributed by atoms with Gasteiger partial charge in [0.15, 0.2) is 0 Å². The first-order valence-electron chi connectivity index (χ1n) is 13.1. The molecule has 9 nitrogen and oxygen atoms in total. The molecule has 42 heavy (non-hydrogen) atoms. The number of fused-ring (bicyclic) bond motifs is 3. The van der Waals surface area contributed by atoms with Crippen LogP contribution in [0.15, 0.2) is 97.1 Å². The summed E-state index contributed by atoms with van der Waals surface area (Å²) in [5, 5.41) is 37.7. The molecule has 0 amide bonds. The van der Waals surface area contributed by atoms with Crippen LogP contribution in [-0.2, 0) is 16.0 Å². The second kappa shape index (κ2) is 14.8. The highest BCUT2D eigenvalue weighted by atomic mass is 16.4. The zero-order valence-electron chi connectivity index (χ0n) is 22.9. The van der Waals surface area contributed by atoms with E-state index < -0.39 is 23.9 Å². The smallest absolute Gasteiger partial charge is 0.337 e. The highest BCUT2D eigenvalue weighted by Crippen LogP contribution is 2.38. The molecular formula is C33H31NO8. The van der Waals surface area contributed by atoms with Crippen LogP contribution >= 0.6 is 0 Å². The van der Waals surface area contributed by atoms with Gasteiger partial charge in [-0.3, -0.25) is 9.59 Å². The molecule has 0 fully saturated rings. The molecule has 4 aromatic carbocycles. The van der Waals surface area contributed by atoms with Crippen LogP contribution in [0.4, 0.5) is 5.69 Å². The summed E-state index contributed by atoms with van der Waals surface area (Å²) in [6.07, 6.45) is 1.48. The minimum Gasteiger partial charge on any atom is -0.481 e. The second-order valence-electron chi connectivity index (χ2n) is 9.29. The van der Waals surface area contributed by atoms with E-state index in [1.165, 1.54) is 17.7 Å². The van der Waals surface area contributed by atoms with Crippen molar-refractivity contribution in [1.29, 1.82) is 0 Å². The fourth-order valence-corrected chi connectivity index (χ4v) is 4.60. The first-order valence-corrected chi connectivity index (χ1v) is 13.1. The molecule has 0 radical (unpaired) electrons. The zero-order chi connectivity index (χ0) is 30.6. The van der Waals surface area contributed by atoms with Crippen molar-refractivity contribution in [1.82, 2.24) is 0 Å². The molecule has 5 rings (SSSR count). The normalized spacial score (nSPS) is 11.3. The molecule has 1 aliphatic carbocycles. The Morgan fingerprint density at radius 3 is 1.88 bits per heavy atom. The standard InChI is InChI=1S/C14H10O2.C10H12O2.C9H9NO4/c15-14(16)12-7-3-5-10-8-9-4-1-2-6-11(9)13(10)12;1-2-9(10(11)12)8-6-4-3-5-7-8;11-8(12)5-10-7-4-2-1-3-6(7)9(13)14/h1-7H,8H2,(H,15,16);3-7,9H,2H2,1H3,(H,11,12);1-4,10H,5H2,(H,11,12)(H,13,14)/t;9-;/m.1./s1. The first kappa shape index (κ1) is 31.1. The van der Waals surface area contributed by atoms with E-state index in [9.17, 15) is 24.3 Å². The quantitative estimate of drug-likeness (QED) is 0.149. The van der Waals surface area contributed by atoms with Crippen molar-refractivity contribution in [3.8, 4) is 11.1 Å². The number of carboxylic acids is 4. The van der Waals surface area contributed by atoms with Gasteiger partial charge in [0.1, 0.15) is 6.54 Å². The van der Waals surface area contributed by atoms with E-state index >= 15 is 0 Å². The molecular weight excluding hydrogens is 538 g/mol. The summed E-state index contributed by atoms with van der Waals surface area (Å²) in [5.41, 5.74) is 5.94. The number of nitrogens with one attached hydrogen (secondary N) is 1. The van der Waals surface area contributed by atoms with Crippen molar-refractivity contribution in [3.05, 3.63) is 125 Å². The Bertz CT molecular complexity index is 1570. The Labute approximate surface area is 242 Å². The molecule has 0 heterocycles. The maximum atomic E-state index is 11.2. The van der Waals surface area contributed by atoms with Gasteiger partial charge < -0.3 is 25.7 Å². The van der Waals surface area contributed by atoms with Crippen LogP contribution in [0.1, 0.15) is 56.7 Å². The lowest BCUT2D eigenvalue weighted by Gasteiger charge is -2.08. The van der Waals surface area contributed by atoms with Crippen LogP contribution in [-0.4, -0.2) is 50.8 Å². The average Bonchev–Trinajstić information content (AvgIpc) is 3.36. The number of aromatic carboxylic acids is 2. The van der Waals surface area contributed by atoms with E-state index in [4.69, 9.17) is 15.3 Å². The maximum Gasteiger partial charge on any atom is 0.337 e. The van der Waals surface area contributed by atoms with Gasteiger partial charge in [-0.05, 0) is 58.9 Å². The second-order valence-corrected chi connectivity index (χ2v) is 9.29. The van der Waals surface area contributed by atoms with Crippen molar-refractivity contribution < 1.29 is 39.6 Å². The maximum absolute atomic E-state index is 11.2. The third-order valence-corrected chi connectivity index (χ3v) is 6.54. The summed E-state index contributed by atoms with van der Waals surface area (Å²) in [5.74, 6) is -4.08. The fourth-order valence-electron chi connectivity index (χ4n) is 4.60. The predicted octanol–water partition coefficient (Wildman–Crippen LogP) is 6.10. The van der Waals surface area contributed by atoms with Crippen LogP contribution in [0, 0.1) is 0 Å². The number of carboxylic acid groups (broad SMARTS) is 4. The van der Waals surface area contributed by atoms with Crippen molar-refractivity contribution in [3.63, 3.8) is 0 Å². The summed E-state index contributed by atoms with van der Waals surface area (Å²) in [7, 11) is 0. The van der Waals surface area contributed by atoms with Crippen molar-refractivity contribution in [2.75, 3.05) is 11.9 Å². The third kappa shape index (κ3) is 8.04. The topological polar surface area (TPSA) is 161 Å². The molecule has 4 aromatic rings. The highest BCUT2D eigenvalue weighted by molar-refractivity contribution is 5.99. The van der Waals surface area contributed by atoms with Gasteiger partial charge in [0, 0.05) is 5.69 Å². The van der Waals surface area contributed by atoms with Crippen LogP contribution in [0.5, 0.6) is 0 Å². The van der Waals surface area contributed by atoms with Crippen LogP contribution < -0.4 is 5.32 Å². The minimum atomic E-state index is -1.08. The van der Waals surface area contributed by atoms with E-state index in [1.807, 2.05) is 67.6 Å². The number of hydrogen-bond donors (Lipinski definition) is 5. The van der Waals surface area contributed by atoms with E-state index in [0.29, 0.717) is 17.7 Å². The summed E-state index contributed by atoms with van der Waals surface area (Å²) < 4.78 is 0. The van der Waals surface area contributed by atoms with Gasteiger partial charge >= 0.3 is 23.9 Å². The molecule has 0 aliphatic heterocycles. The molecule has 0 spiro atoms. The van der Waals surface area contributed by atoms with E-state index in [1.54, 1.807) is 18.2 Å². The third-order valence-electron chi connectivity index (χ3n) is 6.54. The number of aliphatic carboxylic acids is 2. The molecule has 0 aromatic heterocycles. The van der Waals surface area contributed by atoms with E-state index in [-0.39, 0.29) is 18.0 Å². The molecule has 0 bridgehead atoms. The fraction of sp³-hybridized carbons (Fsp3) is 0.152. The SMILES string of the molecule is CC[C@@H](C(=O)O)c1ccccc1.O=C(O)CNc1ccccc1C(=O)O.O=C(O)c1cccc2c1-c1ccccc1C2. The molecule has 9 heteroatoms. The number of anilines is 1. The lowest BCUT2D eigenvalue weighted by molar-refractivity contribution is -0.139.